The standard InChI is InChI=1S/C17H23NO/c1-17(2,3)12-18-11-13-5-6-15-10-16(19-4)8-7-14(15)9-13/h5-10,18H,11-12H2,1-4H3. The minimum atomic E-state index is 0.324. The molecule has 0 bridgehead atoms. The van der Waals surface area contributed by atoms with Crippen molar-refractivity contribution < 1.29 is 4.74 Å². The highest BCUT2D eigenvalue weighted by Gasteiger charge is 2.08. The molecular weight excluding hydrogens is 234 g/mol. The van der Waals surface area contributed by atoms with Crippen LogP contribution >= 0.6 is 0 Å². The molecule has 0 atom stereocenters. The maximum absolute atomic E-state index is 5.24. The number of fused-ring (bicyclic) bond motifs is 1. The lowest BCUT2D eigenvalue weighted by Gasteiger charge is -2.18. The van der Waals surface area contributed by atoms with Gasteiger partial charge in [-0.15, -0.1) is 0 Å². The first-order valence-electron chi connectivity index (χ1n) is 6.75. The zero-order valence-electron chi connectivity index (χ0n) is 12.3. The van der Waals surface area contributed by atoms with Crippen molar-refractivity contribution in [2.45, 2.75) is 27.3 Å². The van der Waals surface area contributed by atoms with Gasteiger partial charge in [0.15, 0.2) is 0 Å². The molecule has 102 valence electrons. The molecule has 0 saturated heterocycles. The summed E-state index contributed by atoms with van der Waals surface area (Å²) < 4.78 is 5.24. The molecule has 0 heterocycles. The van der Waals surface area contributed by atoms with Crippen LogP contribution in [0.25, 0.3) is 10.8 Å². The van der Waals surface area contributed by atoms with Crippen LogP contribution in [-0.4, -0.2) is 13.7 Å². The third-order valence-corrected chi connectivity index (χ3v) is 3.10. The highest BCUT2D eigenvalue weighted by atomic mass is 16.5. The Morgan fingerprint density at radius 3 is 2.37 bits per heavy atom. The Bertz CT molecular complexity index is 555. The quantitative estimate of drug-likeness (QED) is 0.894. The molecular formula is C17H23NO. The van der Waals surface area contributed by atoms with Crippen molar-refractivity contribution >= 4 is 10.8 Å². The van der Waals surface area contributed by atoms with Gasteiger partial charge in [-0.2, -0.15) is 0 Å². The third-order valence-electron chi connectivity index (χ3n) is 3.10. The highest BCUT2D eigenvalue weighted by Crippen LogP contribution is 2.22. The van der Waals surface area contributed by atoms with Crippen molar-refractivity contribution in [1.29, 1.82) is 0 Å². The van der Waals surface area contributed by atoms with Crippen molar-refractivity contribution in [3.63, 3.8) is 0 Å². The van der Waals surface area contributed by atoms with Gasteiger partial charge in [0.05, 0.1) is 7.11 Å². The summed E-state index contributed by atoms with van der Waals surface area (Å²) in [5.41, 5.74) is 1.64. The SMILES string of the molecule is COc1ccc2cc(CNCC(C)(C)C)ccc2c1. The Morgan fingerprint density at radius 1 is 1.00 bits per heavy atom. The van der Waals surface area contributed by atoms with Crippen molar-refractivity contribution in [3.8, 4) is 5.75 Å². The van der Waals surface area contributed by atoms with E-state index < -0.39 is 0 Å². The van der Waals surface area contributed by atoms with E-state index in [1.165, 1.54) is 16.3 Å². The highest BCUT2D eigenvalue weighted by molar-refractivity contribution is 5.84. The molecule has 2 aromatic carbocycles. The Morgan fingerprint density at radius 2 is 1.68 bits per heavy atom. The fraction of sp³-hybridized carbons (Fsp3) is 0.412. The maximum atomic E-state index is 5.24. The largest absolute Gasteiger partial charge is 0.497 e. The molecule has 2 rings (SSSR count). The van der Waals surface area contributed by atoms with Gasteiger partial charge in [-0.3, -0.25) is 0 Å². The van der Waals surface area contributed by atoms with E-state index in [9.17, 15) is 0 Å². The Hall–Kier alpha value is -1.54. The molecule has 1 N–H and O–H groups in total. The Labute approximate surface area is 115 Å². The van der Waals surface area contributed by atoms with Gasteiger partial charge in [-0.25, -0.2) is 0 Å². The van der Waals surface area contributed by atoms with Gasteiger partial charge >= 0.3 is 0 Å². The predicted octanol–water partition coefficient (Wildman–Crippen LogP) is 3.98. The van der Waals surface area contributed by atoms with Gasteiger partial charge in [-0.1, -0.05) is 39.0 Å². The summed E-state index contributed by atoms with van der Waals surface area (Å²) in [6, 6.07) is 12.8. The molecule has 2 aromatic rings. The van der Waals surface area contributed by atoms with Gasteiger partial charge in [0, 0.05) is 13.1 Å². The van der Waals surface area contributed by atoms with E-state index >= 15 is 0 Å². The van der Waals surface area contributed by atoms with Gasteiger partial charge < -0.3 is 10.1 Å². The molecule has 2 nitrogen and oxygen atoms in total. The van der Waals surface area contributed by atoms with Crippen LogP contribution in [0.4, 0.5) is 0 Å². The second-order valence-electron chi connectivity index (χ2n) is 6.21. The van der Waals surface area contributed by atoms with Gasteiger partial charge in [0.25, 0.3) is 0 Å². The number of ether oxygens (including phenoxy) is 1. The monoisotopic (exact) mass is 257 g/mol. The number of hydrogen-bond donors (Lipinski definition) is 1. The second-order valence-corrected chi connectivity index (χ2v) is 6.21. The lowest BCUT2D eigenvalue weighted by molar-refractivity contribution is 0.379. The first-order valence-corrected chi connectivity index (χ1v) is 6.75. The van der Waals surface area contributed by atoms with E-state index in [0.717, 1.165) is 18.8 Å². The normalized spacial score (nSPS) is 11.8. The smallest absolute Gasteiger partial charge is 0.119 e. The van der Waals surface area contributed by atoms with E-state index in [1.54, 1.807) is 7.11 Å². The summed E-state index contributed by atoms with van der Waals surface area (Å²) in [6.07, 6.45) is 0. The Balaban J connectivity index is 2.09. The molecule has 0 unspecified atom stereocenters. The number of rotatable bonds is 4. The van der Waals surface area contributed by atoms with E-state index in [1.807, 2.05) is 6.07 Å². The van der Waals surface area contributed by atoms with Crippen LogP contribution in [0, 0.1) is 5.41 Å². The fourth-order valence-corrected chi connectivity index (χ4v) is 2.09. The van der Waals surface area contributed by atoms with Crippen LogP contribution in [0.3, 0.4) is 0 Å². The zero-order chi connectivity index (χ0) is 13.9. The minimum absolute atomic E-state index is 0.324. The summed E-state index contributed by atoms with van der Waals surface area (Å²) in [4.78, 5) is 0. The number of hydrogen-bond acceptors (Lipinski definition) is 2. The van der Waals surface area contributed by atoms with Crippen LogP contribution in [0.2, 0.25) is 0 Å². The lowest BCUT2D eigenvalue weighted by Crippen LogP contribution is -2.26. The van der Waals surface area contributed by atoms with E-state index in [0.29, 0.717) is 5.41 Å². The van der Waals surface area contributed by atoms with E-state index in [2.05, 4.69) is 56.4 Å². The molecule has 0 aliphatic heterocycles. The van der Waals surface area contributed by atoms with Crippen molar-refractivity contribution in [2.24, 2.45) is 5.41 Å². The molecule has 0 radical (unpaired) electrons. The predicted molar refractivity (Wildman–Crippen MR) is 81.7 cm³/mol. The average molecular weight is 257 g/mol. The first-order chi connectivity index (χ1) is 8.98. The van der Waals surface area contributed by atoms with Crippen LogP contribution in [0.1, 0.15) is 26.3 Å². The number of nitrogens with one attached hydrogen (secondary N) is 1. The second kappa shape index (κ2) is 5.62. The Kier molecular flexibility index (Phi) is 4.11. The molecule has 0 aliphatic rings. The van der Waals surface area contributed by atoms with Gasteiger partial charge in [0.2, 0.25) is 0 Å². The molecule has 0 aliphatic carbocycles. The summed E-state index contributed by atoms with van der Waals surface area (Å²) in [5, 5.41) is 5.99. The third kappa shape index (κ3) is 3.97. The molecule has 0 aromatic heterocycles. The van der Waals surface area contributed by atoms with Gasteiger partial charge in [-0.05, 0) is 39.9 Å². The molecule has 0 fully saturated rings. The van der Waals surface area contributed by atoms with Gasteiger partial charge in [0.1, 0.15) is 5.75 Å². The summed E-state index contributed by atoms with van der Waals surface area (Å²) in [7, 11) is 1.70. The fourth-order valence-electron chi connectivity index (χ4n) is 2.09. The number of benzene rings is 2. The molecule has 0 spiro atoms. The van der Waals surface area contributed by atoms with Crippen LogP contribution in [0.5, 0.6) is 5.75 Å². The lowest BCUT2D eigenvalue weighted by atomic mass is 9.97. The van der Waals surface area contributed by atoms with Crippen LogP contribution < -0.4 is 10.1 Å². The molecule has 19 heavy (non-hydrogen) atoms. The number of methoxy groups -OCH3 is 1. The first kappa shape index (κ1) is 13.9. The van der Waals surface area contributed by atoms with Crippen LogP contribution in [-0.2, 0) is 6.54 Å². The van der Waals surface area contributed by atoms with Crippen molar-refractivity contribution in [1.82, 2.24) is 5.32 Å². The minimum Gasteiger partial charge on any atom is -0.497 e. The van der Waals surface area contributed by atoms with E-state index in [-0.39, 0.29) is 0 Å². The summed E-state index contributed by atoms with van der Waals surface area (Å²) >= 11 is 0. The zero-order valence-corrected chi connectivity index (χ0v) is 12.3. The summed E-state index contributed by atoms with van der Waals surface area (Å²) in [5.74, 6) is 0.908. The van der Waals surface area contributed by atoms with Crippen LogP contribution in [0.15, 0.2) is 36.4 Å². The summed E-state index contributed by atoms with van der Waals surface area (Å²) in [6.45, 7) is 8.67. The van der Waals surface area contributed by atoms with E-state index in [4.69, 9.17) is 4.74 Å². The molecule has 2 heteroatoms. The van der Waals surface area contributed by atoms with Crippen molar-refractivity contribution in [2.75, 3.05) is 13.7 Å². The molecule has 0 amide bonds. The topological polar surface area (TPSA) is 21.3 Å². The molecule has 0 saturated carbocycles. The van der Waals surface area contributed by atoms with Crippen molar-refractivity contribution in [3.05, 3.63) is 42.0 Å². The average Bonchev–Trinajstić information content (AvgIpc) is 2.36. The maximum Gasteiger partial charge on any atom is 0.119 e.